The second kappa shape index (κ2) is 12.9. The molecule has 0 aliphatic heterocycles. The molecule has 1 amide bonds. The Morgan fingerprint density at radius 2 is 1.65 bits per heavy atom. The molecule has 1 aromatic heterocycles. The molecule has 0 spiro atoms. The van der Waals surface area contributed by atoms with Gasteiger partial charge in [0, 0.05) is 24.3 Å². The molecule has 2 aromatic carbocycles. The number of nitrogens with zero attached hydrogens (tertiary/aromatic N) is 3. The van der Waals surface area contributed by atoms with Gasteiger partial charge >= 0.3 is 18.2 Å². The minimum Gasteiger partial charge on any atom is -0.466 e. The van der Waals surface area contributed by atoms with Crippen LogP contribution in [0.3, 0.4) is 0 Å². The second-order valence-electron chi connectivity index (χ2n) is 7.65. The van der Waals surface area contributed by atoms with Crippen molar-refractivity contribution >= 4 is 17.6 Å². The van der Waals surface area contributed by atoms with Crippen LogP contribution >= 0.6 is 0 Å². The Balaban J connectivity index is 1.80. The molecule has 0 unspecified atom stereocenters. The first-order valence-electron chi connectivity index (χ1n) is 11.6. The molecule has 1 heterocycles. The molecule has 198 valence electrons. The summed E-state index contributed by atoms with van der Waals surface area (Å²) in [6, 6.07) is 11.2. The molecular formula is C25H27F3N4O5. The zero-order valence-electron chi connectivity index (χ0n) is 20.4. The number of carbonyl (C=O) groups is 2. The lowest BCUT2D eigenvalue weighted by Crippen LogP contribution is -2.14. The lowest BCUT2D eigenvalue weighted by Gasteiger charge is -2.10. The number of anilines is 1. The average molecular weight is 521 g/mol. The molecule has 3 rings (SSSR count). The summed E-state index contributed by atoms with van der Waals surface area (Å²) in [5, 5.41) is 7.04. The largest absolute Gasteiger partial charge is 0.466 e. The maximum Gasteiger partial charge on any atom is 0.416 e. The van der Waals surface area contributed by atoms with Crippen LogP contribution in [-0.2, 0) is 25.2 Å². The van der Waals surface area contributed by atoms with Crippen LogP contribution < -0.4 is 10.1 Å². The summed E-state index contributed by atoms with van der Waals surface area (Å²) < 4.78 is 56.0. The highest BCUT2D eigenvalue weighted by Gasteiger charge is 2.30. The Labute approximate surface area is 211 Å². The average Bonchev–Trinajstić information content (AvgIpc) is 3.30. The van der Waals surface area contributed by atoms with Gasteiger partial charge in [0.05, 0.1) is 30.9 Å². The first-order chi connectivity index (χ1) is 17.7. The number of halogens is 3. The number of ether oxygens (including phenoxy) is 3. The number of alkyl halides is 3. The highest BCUT2D eigenvalue weighted by Crippen LogP contribution is 2.31. The monoisotopic (exact) mass is 520 g/mol. The topological polar surface area (TPSA) is 105 Å². The Kier molecular flexibility index (Phi) is 9.61. The molecular weight excluding hydrogens is 493 g/mol. The molecule has 9 nitrogen and oxygen atoms in total. The SMILES string of the molecule is CCOCCOc1nc(-c2ccc(C(F)(F)F)cc2)n(-c2ccc(NC(=O)CCC(=O)OCC)cc2)n1. The quantitative estimate of drug-likeness (QED) is 0.274. The third-order valence-electron chi connectivity index (χ3n) is 4.98. The maximum absolute atomic E-state index is 13.0. The van der Waals surface area contributed by atoms with E-state index in [-0.39, 0.29) is 43.8 Å². The van der Waals surface area contributed by atoms with Crippen molar-refractivity contribution in [2.75, 3.05) is 31.7 Å². The van der Waals surface area contributed by atoms with E-state index in [1.54, 1.807) is 31.2 Å². The third kappa shape index (κ3) is 8.04. The fourth-order valence-electron chi connectivity index (χ4n) is 3.22. The van der Waals surface area contributed by atoms with E-state index in [0.717, 1.165) is 12.1 Å². The number of aromatic nitrogens is 3. The van der Waals surface area contributed by atoms with Crippen molar-refractivity contribution in [1.82, 2.24) is 14.8 Å². The number of carbonyl (C=O) groups excluding carboxylic acids is 2. The van der Waals surface area contributed by atoms with Crippen molar-refractivity contribution in [3.8, 4) is 23.1 Å². The van der Waals surface area contributed by atoms with Crippen molar-refractivity contribution in [1.29, 1.82) is 0 Å². The number of benzene rings is 2. The standard InChI is InChI=1S/C25H27F3N4O5/c1-3-35-15-16-37-24-30-23(17-5-7-18(8-6-17)25(26,27)28)32(31-24)20-11-9-19(10-12-20)29-21(33)13-14-22(34)36-4-2/h5-12H,3-4,13-16H2,1-2H3,(H,29,33). The molecule has 12 heteroatoms. The Morgan fingerprint density at radius 3 is 2.27 bits per heavy atom. The molecule has 37 heavy (non-hydrogen) atoms. The van der Waals surface area contributed by atoms with Gasteiger partial charge in [0.15, 0.2) is 5.82 Å². The molecule has 0 aliphatic rings. The van der Waals surface area contributed by atoms with E-state index in [9.17, 15) is 22.8 Å². The minimum atomic E-state index is -4.46. The fraction of sp³-hybridized carbons (Fsp3) is 0.360. The van der Waals surface area contributed by atoms with Crippen molar-refractivity contribution in [2.24, 2.45) is 0 Å². The predicted octanol–water partition coefficient (Wildman–Crippen LogP) is 4.65. The third-order valence-corrected chi connectivity index (χ3v) is 4.98. The second-order valence-corrected chi connectivity index (χ2v) is 7.65. The highest BCUT2D eigenvalue weighted by atomic mass is 19.4. The summed E-state index contributed by atoms with van der Waals surface area (Å²) in [6.45, 7) is 4.83. The van der Waals surface area contributed by atoms with E-state index in [0.29, 0.717) is 30.2 Å². The molecule has 3 aromatic rings. The van der Waals surface area contributed by atoms with Gasteiger partial charge in [-0.3, -0.25) is 9.59 Å². The number of nitrogens with one attached hydrogen (secondary N) is 1. The van der Waals surface area contributed by atoms with Gasteiger partial charge in [-0.05, 0) is 50.2 Å². The van der Waals surface area contributed by atoms with Gasteiger partial charge < -0.3 is 19.5 Å². The zero-order chi connectivity index (χ0) is 26.8. The van der Waals surface area contributed by atoms with Gasteiger partial charge in [-0.25, -0.2) is 4.68 Å². The fourth-order valence-corrected chi connectivity index (χ4v) is 3.22. The molecule has 0 bridgehead atoms. The van der Waals surface area contributed by atoms with E-state index in [1.807, 2.05) is 6.92 Å². The molecule has 1 N–H and O–H groups in total. The van der Waals surface area contributed by atoms with Gasteiger partial charge in [0.1, 0.15) is 6.61 Å². The number of rotatable bonds is 12. The van der Waals surface area contributed by atoms with E-state index >= 15 is 0 Å². The molecule has 0 fully saturated rings. The minimum absolute atomic E-state index is 0.0236. The van der Waals surface area contributed by atoms with E-state index in [4.69, 9.17) is 14.2 Å². The molecule has 0 radical (unpaired) electrons. The number of hydrogen-bond acceptors (Lipinski definition) is 7. The van der Waals surface area contributed by atoms with Crippen LogP contribution in [0, 0.1) is 0 Å². The molecule has 0 atom stereocenters. The lowest BCUT2D eigenvalue weighted by molar-refractivity contribution is -0.144. The van der Waals surface area contributed by atoms with Crippen LogP contribution in [0.2, 0.25) is 0 Å². The summed E-state index contributed by atoms with van der Waals surface area (Å²) in [6.07, 6.45) is -4.51. The Bertz CT molecular complexity index is 1180. The number of hydrogen-bond donors (Lipinski definition) is 1. The van der Waals surface area contributed by atoms with Gasteiger partial charge in [0.2, 0.25) is 5.91 Å². The normalized spacial score (nSPS) is 11.3. The summed E-state index contributed by atoms with van der Waals surface area (Å²) >= 11 is 0. The van der Waals surface area contributed by atoms with Crippen LogP contribution in [0.5, 0.6) is 6.01 Å². The maximum atomic E-state index is 13.0. The summed E-state index contributed by atoms with van der Waals surface area (Å²) in [5.41, 5.74) is 0.642. The van der Waals surface area contributed by atoms with Gasteiger partial charge in [-0.2, -0.15) is 18.2 Å². The summed E-state index contributed by atoms with van der Waals surface area (Å²) in [7, 11) is 0. The van der Waals surface area contributed by atoms with E-state index in [2.05, 4.69) is 15.4 Å². The summed E-state index contributed by atoms with van der Waals surface area (Å²) in [5.74, 6) is -0.530. The molecule has 0 saturated carbocycles. The molecule has 0 aliphatic carbocycles. The van der Waals surface area contributed by atoms with E-state index in [1.165, 1.54) is 16.8 Å². The summed E-state index contributed by atoms with van der Waals surface area (Å²) in [4.78, 5) is 27.9. The Morgan fingerprint density at radius 1 is 0.946 bits per heavy atom. The van der Waals surface area contributed by atoms with Crippen LogP contribution in [0.15, 0.2) is 48.5 Å². The molecule has 0 saturated heterocycles. The number of esters is 1. The smallest absolute Gasteiger partial charge is 0.416 e. The van der Waals surface area contributed by atoms with Gasteiger partial charge in [-0.1, -0.05) is 12.1 Å². The van der Waals surface area contributed by atoms with Gasteiger partial charge in [-0.15, -0.1) is 5.10 Å². The zero-order valence-corrected chi connectivity index (χ0v) is 20.4. The van der Waals surface area contributed by atoms with Crippen LogP contribution in [-0.4, -0.2) is 53.1 Å². The van der Waals surface area contributed by atoms with E-state index < -0.39 is 17.7 Å². The first-order valence-corrected chi connectivity index (χ1v) is 11.6. The highest BCUT2D eigenvalue weighted by molar-refractivity contribution is 5.92. The Hall–Kier alpha value is -3.93. The number of amides is 1. The van der Waals surface area contributed by atoms with Crippen LogP contribution in [0.25, 0.3) is 17.1 Å². The van der Waals surface area contributed by atoms with Crippen molar-refractivity contribution in [3.63, 3.8) is 0 Å². The van der Waals surface area contributed by atoms with Crippen molar-refractivity contribution in [3.05, 3.63) is 54.1 Å². The van der Waals surface area contributed by atoms with Crippen molar-refractivity contribution in [2.45, 2.75) is 32.9 Å². The first kappa shape index (κ1) is 27.7. The van der Waals surface area contributed by atoms with Crippen LogP contribution in [0.4, 0.5) is 18.9 Å². The predicted molar refractivity (Wildman–Crippen MR) is 128 cm³/mol. The van der Waals surface area contributed by atoms with Gasteiger partial charge in [0.25, 0.3) is 0 Å². The lowest BCUT2D eigenvalue weighted by atomic mass is 10.1. The van der Waals surface area contributed by atoms with Crippen LogP contribution in [0.1, 0.15) is 32.3 Å². The van der Waals surface area contributed by atoms with Crippen molar-refractivity contribution < 1.29 is 37.0 Å².